The number of alkyl halides is 7. The number of hydrogen-bond donors (Lipinski definition) is 0. The summed E-state index contributed by atoms with van der Waals surface area (Å²) < 4.78 is 112. The van der Waals surface area contributed by atoms with Crippen LogP contribution in [0.25, 0.3) is 0 Å². The fourth-order valence-electron chi connectivity index (χ4n) is 0.890. The average Bonchev–Trinajstić information content (AvgIpc) is 2.08. The van der Waals surface area contributed by atoms with Gasteiger partial charge in [-0.1, -0.05) is 19.6 Å². The monoisotopic (exact) mass is 304 g/mol. The molecule has 108 valence electrons. The molecule has 0 aromatic carbocycles. The van der Waals surface area contributed by atoms with Gasteiger partial charge in [-0.05, 0) is 0 Å². The molecular formula is C8H9F9Si. The topological polar surface area (TPSA) is 0 Å². The molecule has 0 N–H and O–H groups in total. The molecular weight excluding hydrogens is 295 g/mol. The van der Waals surface area contributed by atoms with Crippen LogP contribution in [-0.2, 0) is 0 Å². The van der Waals surface area contributed by atoms with Gasteiger partial charge < -0.3 is 0 Å². The molecule has 0 saturated heterocycles. The zero-order valence-electron chi connectivity index (χ0n) is 9.40. The highest BCUT2D eigenvalue weighted by molar-refractivity contribution is 6.82. The van der Waals surface area contributed by atoms with Crippen molar-refractivity contribution in [3.63, 3.8) is 0 Å². The highest BCUT2D eigenvalue weighted by Gasteiger charge is 2.76. The highest BCUT2D eigenvalue weighted by Crippen LogP contribution is 2.52. The van der Waals surface area contributed by atoms with Crippen LogP contribution >= 0.6 is 0 Å². The highest BCUT2D eigenvalue weighted by atomic mass is 28.3. The van der Waals surface area contributed by atoms with E-state index in [1.165, 1.54) is 0 Å². The van der Waals surface area contributed by atoms with Crippen LogP contribution in [0.4, 0.5) is 39.5 Å². The van der Waals surface area contributed by atoms with E-state index in [0.717, 1.165) is 19.6 Å². The zero-order chi connectivity index (χ0) is 15.2. The molecule has 0 saturated carbocycles. The van der Waals surface area contributed by atoms with Crippen LogP contribution in [0.1, 0.15) is 0 Å². The quantitative estimate of drug-likeness (QED) is 0.505. The van der Waals surface area contributed by atoms with Crippen LogP contribution < -0.4 is 0 Å². The van der Waals surface area contributed by atoms with Gasteiger partial charge in [-0.25, -0.2) is 13.2 Å². The minimum absolute atomic E-state index is 0.940. The summed E-state index contributed by atoms with van der Waals surface area (Å²) in [7, 11) is -3.49. The third-order valence-electron chi connectivity index (χ3n) is 1.93. The number of hydrogen-bond acceptors (Lipinski definition) is 0. The van der Waals surface area contributed by atoms with Crippen molar-refractivity contribution in [1.82, 2.24) is 0 Å². The molecule has 0 aliphatic rings. The van der Waals surface area contributed by atoms with Crippen molar-refractivity contribution in [2.24, 2.45) is 0 Å². The first-order valence-electron chi connectivity index (χ1n) is 4.45. The van der Waals surface area contributed by atoms with E-state index >= 15 is 0 Å². The molecule has 0 radical (unpaired) electrons. The minimum atomic E-state index is -6.63. The summed E-state index contributed by atoms with van der Waals surface area (Å²) in [5.74, 6) is -3.46. The van der Waals surface area contributed by atoms with Gasteiger partial charge in [-0.2, -0.15) is 26.3 Å². The fraction of sp³-hybridized carbons (Fsp3) is 0.750. The Hall–Kier alpha value is -0.673. The van der Waals surface area contributed by atoms with Crippen molar-refractivity contribution in [3.8, 4) is 0 Å². The summed E-state index contributed by atoms with van der Waals surface area (Å²) >= 11 is 0. The maximum Gasteiger partial charge on any atom is 0.438 e. The van der Waals surface area contributed by atoms with Gasteiger partial charge in [0.2, 0.25) is 0 Å². The molecule has 0 spiro atoms. The Kier molecular flexibility index (Phi) is 4.29. The average molecular weight is 304 g/mol. The van der Waals surface area contributed by atoms with Gasteiger partial charge in [0.25, 0.3) is 0 Å². The normalized spacial score (nSPS) is 16.7. The van der Waals surface area contributed by atoms with Gasteiger partial charge >= 0.3 is 18.0 Å². The second-order valence-electron chi connectivity index (χ2n) is 4.53. The van der Waals surface area contributed by atoms with Crippen LogP contribution in [0, 0.1) is 0 Å². The lowest BCUT2D eigenvalue weighted by molar-refractivity contribution is -0.331. The predicted octanol–water partition coefficient (Wildman–Crippen LogP) is 4.85. The summed E-state index contributed by atoms with van der Waals surface area (Å²) in [4.78, 5) is 0. The van der Waals surface area contributed by atoms with Crippen molar-refractivity contribution in [2.75, 3.05) is 0 Å². The molecule has 0 aliphatic carbocycles. The SMILES string of the molecule is C[Si](C)(C)/C(F)=C(/F)C(F)(C(F)(F)F)C(F)(F)F. The Morgan fingerprint density at radius 1 is 0.722 bits per heavy atom. The van der Waals surface area contributed by atoms with Crippen LogP contribution in [0.5, 0.6) is 0 Å². The standard InChI is InChI=1S/C8H9F9Si/c1-18(2,3)5(10)4(9)6(11,7(12,13)14)8(15,16)17/h1-3H3/b5-4+. The Morgan fingerprint density at radius 3 is 1.17 bits per heavy atom. The fourth-order valence-corrected chi connectivity index (χ4v) is 1.72. The first kappa shape index (κ1) is 17.3. The van der Waals surface area contributed by atoms with E-state index in [4.69, 9.17) is 0 Å². The lowest BCUT2D eigenvalue weighted by atomic mass is 10.0. The Bertz CT molecular complexity index is 329. The van der Waals surface area contributed by atoms with Crippen molar-refractivity contribution >= 4 is 8.07 Å². The van der Waals surface area contributed by atoms with E-state index in [9.17, 15) is 39.5 Å². The van der Waals surface area contributed by atoms with Gasteiger partial charge in [0, 0.05) is 0 Å². The smallest absolute Gasteiger partial charge is 0.215 e. The van der Waals surface area contributed by atoms with Crippen molar-refractivity contribution in [3.05, 3.63) is 11.3 Å². The molecule has 0 heterocycles. The second kappa shape index (κ2) is 4.46. The molecule has 0 nitrogen and oxygen atoms in total. The van der Waals surface area contributed by atoms with Crippen molar-refractivity contribution in [1.29, 1.82) is 0 Å². The molecule has 0 unspecified atom stereocenters. The summed E-state index contributed by atoms with van der Waals surface area (Å²) in [5, 5.41) is 0. The van der Waals surface area contributed by atoms with Gasteiger partial charge in [-0.15, -0.1) is 0 Å². The molecule has 0 aliphatic heterocycles. The van der Waals surface area contributed by atoms with Gasteiger partial charge in [0.15, 0.2) is 5.83 Å². The number of rotatable bonds is 2. The maximum atomic E-state index is 13.2. The van der Waals surface area contributed by atoms with Crippen LogP contribution in [-0.4, -0.2) is 26.1 Å². The Labute approximate surface area is 97.5 Å². The van der Waals surface area contributed by atoms with Gasteiger partial charge in [0.05, 0.1) is 0 Å². The van der Waals surface area contributed by atoms with Gasteiger partial charge in [0.1, 0.15) is 13.5 Å². The molecule has 10 heteroatoms. The van der Waals surface area contributed by atoms with E-state index < -0.39 is 37.4 Å². The summed E-state index contributed by atoms with van der Waals surface area (Å²) in [6.07, 6.45) is -13.3. The zero-order valence-corrected chi connectivity index (χ0v) is 10.4. The number of allylic oxidation sites excluding steroid dienone is 1. The Balaban J connectivity index is 6.13. The van der Waals surface area contributed by atoms with Crippen molar-refractivity contribution in [2.45, 2.75) is 37.7 Å². The van der Waals surface area contributed by atoms with E-state index in [2.05, 4.69) is 0 Å². The van der Waals surface area contributed by atoms with E-state index in [0.29, 0.717) is 0 Å². The molecule has 0 amide bonds. The third-order valence-corrected chi connectivity index (χ3v) is 3.47. The summed E-state index contributed by atoms with van der Waals surface area (Å²) in [5.41, 5.74) is -8.62. The largest absolute Gasteiger partial charge is 0.438 e. The first-order chi connectivity index (χ1) is 7.57. The lowest BCUT2D eigenvalue weighted by Crippen LogP contribution is -2.54. The molecule has 0 atom stereocenters. The maximum absolute atomic E-state index is 13.2. The second-order valence-corrected chi connectivity index (χ2v) is 9.47. The predicted molar refractivity (Wildman–Crippen MR) is 48.5 cm³/mol. The molecule has 0 aromatic rings. The van der Waals surface area contributed by atoms with Gasteiger partial charge in [-0.3, -0.25) is 0 Å². The van der Waals surface area contributed by atoms with Crippen LogP contribution in [0.3, 0.4) is 0 Å². The van der Waals surface area contributed by atoms with E-state index in [-0.39, 0.29) is 0 Å². The van der Waals surface area contributed by atoms with Crippen LogP contribution in [0.2, 0.25) is 19.6 Å². The summed E-state index contributed by atoms with van der Waals surface area (Å²) in [6.45, 7) is 2.82. The summed E-state index contributed by atoms with van der Waals surface area (Å²) in [6, 6.07) is 0. The van der Waals surface area contributed by atoms with Crippen molar-refractivity contribution < 1.29 is 39.5 Å². The van der Waals surface area contributed by atoms with E-state index in [1.807, 2.05) is 0 Å². The molecule has 0 rings (SSSR count). The Morgan fingerprint density at radius 2 is 1.00 bits per heavy atom. The molecule has 18 heavy (non-hydrogen) atoms. The van der Waals surface area contributed by atoms with Crippen LogP contribution in [0.15, 0.2) is 11.3 Å². The van der Waals surface area contributed by atoms with E-state index in [1.54, 1.807) is 0 Å². The molecule has 0 fully saturated rings. The minimum Gasteiger partial charge on any atom is -0.215 e. The first-order valence-corrected chi connectivity index (χ1v) is 7.95. The third kappa shape index (κ3) is 2.83. The molecule has 0 aromatic heterocycles. The lowest BCUT2D eigenvalue weighted by Gasteiger charge is -2.30. The molecule has 0 bridgehead atoms. The number of halogens is 9.